The highest BCUT2D eigenvalue weighted by Gasteiger charge is 2.32. The second-order valence-electron chi connectivity index (χ2n) is 3.71. The van der Waals surface area contributed by atoms with Crippen LogP contribution in [0, 0.1) is 5.92 Å². The second-order valence-corrected chi connectivity index (χ2v) is 3.71. The summed E-state index contributed by atoms with van der Waals surface area (Å²) in [7, 11) is 1.80. The number of likely N-dealkylation sites (N-methyl/N-ethyl adjacent to an activating group) is 2. The van der Waals surface area contributed by atoms with E-state index in [1.165, 1.54) is 0 Å². The summed E-state index contributed by atoms with van der Waals surface area (Å²) in [5.41, 5.74) is 0. The van der Waals surface area contributed by atoms with Crippen LogP contribution in [0.1, 0.15) is 6.92 Å². The largest absolute Gasteiger partial charge is 0.379 e. The van der Waals surface area contributed by atoms with Crippen LogP contribution in [-0.4, -0.2) is 51.2 Å². The molecule has 0 aromatic rings. The number of ether oxygens (including phenoxy) is 1. The van der Waals surface area contributed by atoms with E-state index in [1.54, 1.807) is 7.05 Å². The van der Waals surface area contributed by atoms with E-state index in [4.69, 9.17) is 4.74 Å². The normalized spacial score (nSPS) is 24.1. The number of carbonyl (C=O) groups is 2. The zero-order valence-corrected chi connectivity index (χ0v) is 9.71. The molecule has 1 aliphatic rings. The average molecular weight is 229 g/mol. The molecule has 92 valence electrons. The molecule has 0 aromatic heterocycles. The summed E-state index contributed by atoms with van der Waals surface area (Å²) in [6.45, 7) is 3.38. The molecule has 0 radical (unpaired) electrons. The topological polar surface area (TPSA) is 79.5 Å². The van der Waals surface area contributed by atoms with Crippen molar-refractivity contribution in [3.05, 3.63) is 0 Å². The van der Waals surface area contributed by atoms with Gasteiger partial charge < -0.3 is 20.7 Å². The molecule has 0 spiro atoms. The van der Waals surface area contributed by atoms with Gasteiger partial charge in [0.05, 0.1) is 25.7 Å². The van der Waals surface area contributed by atoms with Crippen LogP contribution in [0.3, 0.4) is 0 Å². The molecule has 0 bridgehead atoms. The molecule has 0 aromatic carbocycles. The maximum absolute atomic E-state index is 11.7. The minimum Gasteiger partial charge on any atom is -0.379 e. The second kappa shape index (κ2) is 6.44. The highest BCUT2D eigenvalue weighted by Crippen LogP contribution is 2.12. The van der Waals surface area contributed by atoms with Crippen LogP contribution < -0.4 is 16.0 Å². The molecule has 0 aliphatic carbocycles. The van der Waals surface area contributed by atoms with Gasteiger partial charge in [-0.1, -0.05) is 0 Å². The lowest BCUT2D eigenvalue weighted by Crippen LogP contribution is -2.45. The molecule has 0 saturated carbocycles. The minimum atomic E-state index is -0.209. The molecule has 1 rings (SSSR count). The van der Waals surface area contributed by atoms with E-state index in [0.717, 1.165) is 0 Å². The van der Waals surface area contributed by atoms with Crippen molar-refractivity contribution in [2.75, 3.05) is 33.4 Å². The van der Waals surface area contributed by atoms with E-state index in [9.17, 15) is 9.59 Å². The first-order valence-corrected chi connectivity index (χ1v) is 5.48. The summed E-state index contributed by atoms with van der Waals surface area (Å²) in [6.07, 6.45) is 0. The van der Waals surface area contributed by atoms with Crippen molar-refractivity contribution < 1.29 is 14.3 Å². The zero-order valence-electron chi connectivity index (χ0n) is 9.71. The molecule has 1 saturated heterocycles. The van der Waals surface area contributed by atoms with Crippen molar-refractivity contribution in [1.29, 1.82) is 0 Å². The van der Waals surface area contributed by atoms with Crippen molar-refractivity contribution in [3.8, 4) is 0 Å². The molecular weight excluding hydrogens is 210 g/mol. The third-order valence-corrected chi connectivity index (χ3v) is 2.59. The lowest BCUT2D eigenvalue weighted by atomic mass is 10.0. The first-order valence-electron chi connectivity index (χ1n) is 5.48. The smallest absolute Gasteiger partial charge is 0.239 e. The van der Waals surface area contributed by atoms with Crippen LogP contribution in [0.25, 0.3) is 0 Å². The van der Waals surface area contributed by atoms with Gasteiger partial charge in [0.25, 0.3) is 0 Å². The van der Waals surface area contributed by atoms with Crippen molar-refractivity contribution in [3.63, 3.8) is 0 Å². The Morgan fingerprint density at radius 1 is 1.31 bits per heavy atom. The van der Waals surface area contributed by atoms with E-state index in [1.807, 2.05) is 6.92 Å². The predicted molar refractivity (Wildman–Crippen MR) is 58.9 cm³/mol. The Hall–Kier alpha value is -1.14. The molecule has 2 atom stereocenters. The monoisotopic (exact) mass is 229 g/mol. The van der Waals surface area contributed by atoms with Gasteiger partial charge in [0, 0.05) is 12.6 Å². The first kappa shape index (κ1) is 12.9. The summed E-state index contributed by atoms with van der Waals surface area (Å²) >= 11 is 0. The fourth-order valence-corrected chi connectivity index (χ4v) is 1.66. The molecule has 16 heavy (non-hydrogen) atoms. The van der Waals surface area contributed by atoms with Crippen molar-refractivity contribution in [1.82, 2.24) is 16.0 Å². The number of rotatable bonds is 5. The molecule has 6 heteroatoms. The van der Waals surface area contributed by atoms with Crippen LogP contribution in [0.5, 0.6) is 0 Å². The quantitative estimate of drug-likeness (QED) is 0.534. The van der Waals surface area contributed by atoms with Gasteiger partial charge in [0.2, 0.25) is 11.8 Å². The average Bonchev–Trinajstić information content (AvgIpc) is 2.74. The standard InChI is InChI=1S/C10H19N3O3/c1-3-12-9(14)4-13-10(15)7-5-16-6-8(7)11-2/h7-8,11H,3-6H2,1-2H3,(H,12,14)(H,13,15). The Morgan fingerprint density at radius 3 is 2.69 bits per heavy atom. The fraction of sp³-hybridized carbons (Fsp3) is 0.800. The van der Waals surface area contributed by atoms with Gasteiger partial charge >= 0.3 is 0 Å². The molecule has 3 N–H and O–H groups in total. The van der Waals surface area contributed by atoms with Gasteiger partial charge in [-0.2, -0.15) is 0 Å². The van der Waals surface area contributed by atoms with Crippen molar-refractivity contribution >= 4 is 11.8 Å². The number of hydrogen-bond acceptors (Lipinski definition) is 4. The van der Waals surface area contributed by atoms with Crippen LogP contribution in [0.4, 0.5) is 0 Å². The Kier molecular flexibility index (Phi) is 5.21. The minimum absolute atomic E-state index is 0.0274. The number of hydrogen-bond donors (Lipinski definition) is 3. The fourth-order valence-electron chi connectivity index (χ4n) is 1.66. The Labute approximate surface area is 95.1 Å². The van der Waals surface area contributed by atoms with E-state index < -0.39 is 0 Å². The van der Waals surface area contributed by atoms with Crippen molar-refractivity contribution in [2.45, 2.75) is 13.0 Å². The van der Waals surface area contributed by atoms with Crippen LogP contribution in [0.15, 0.2) is 0 Å². The summed E-state index contributed by atoms with van der Waals surface area (Å²) in [6, 6.07) is 0.0363. The van der Waals surface area contributed by atoms with Crippen LogP contribution >= 0.6 is 0 Å². The Bertz CT molecular complexity index is 258. The molecule has 1 fully saturated rings. The molecule has 2 unspecified atom stereocenters. The first-order chi connectivity index (χ1) is 7.69. The molecule has 2 amide bonds. The maximum Gasteiger partial charge on any atom is 0.239 e. The lowest BCUT2D eigenvalue weighted by molar-refractivity contribution is -0.128. The summed E-state index contributed by atoms with van der Waals surface area (Å²) in [5.74, 6) is -0.515. The van der Waals surface area contributed by atoms with Gasteiger partial charge in [-0.25, -0.2) is 0 Å². The van der Waals surface area contributed by atoms with Gasteiger partial charge in [-0.3, -0.25) is 9.59 Å². The number of nitrogens with one attached hydrogen (secondary N) is 3. The number of carbonyl (C=O) groups excluding carboxylic acids is 2. The van der Waals surface area contributed by atoms with E-state index in [-0.39, 0.29) is 30.3 Å². The van der Waals surface area contributed by atoms with Gasteiger partial charge in [0.15, 0.2) is 0 Å². The van der Waals surface area contributed by atoms with Crippen molar-refractivity contribution in [2.24, 2.45) is 5.92 Å². The summed E-state index contributed by atoms with van der Waals surface area (Å²) in [4.78, 5) is 22.9. The molecule has 6 nitrogen and oxygen atoms in total. The SMILES string of the molecule is CCNC(=O)CNC(=O)C1COCC1NC. The summed E-state index contributed by atoms with van der Waals surface area (Å²) < 4.78 is 5.21. The van der Waals surface area contributed by atoms with Gasteiger partial charge in [-0.15, -0.1) is 0 Å². The Balaban J connectivity index is 2.31. The van der Waals surface area contributed by atoms with Gasteiger partial charge in [0.1, 0.15) is 0 Å². The maximum atomic E-state index is 11.7. The highest BCUT2D eigenvalue weighted by molar-refractivity contribution is 5.86. The molecular formula is C10H19N3O3. The Morgan fingerprint density at radius 2 is 2.06 bits per heavy atom. The van der Waals surface area contributed by atoms with E-state index in [0.29, 0.717) is 19.8 Å². The van der Waals surface area contributed by atoms with Gasteiger partial charge in [-0.05, 0) is 14.0 Å². The molecule has 1 heterocycles. The zero-order chi connectivity index (χ0) is 12.0. The predicted octanol–water partition coefficient (Wildman–Crippen LogP) is -1.53. The lowest BCUT2D eigenvalue weighted by Gasteiger charge is -2.16. The van der Waals surface area contributed by atoms with E-state index >= 15 is 0 Å². The highest BCUT2D eigenvalue weighted by atomic mass is 16.5. The third kappa shape index (κ3) is 3.46. The summed E-state index contributed by atoms with van der Waals surface area (Å²) in [5, 5.41) is 8.24. The van der Waals surface area contributed by atoms with Crippen LogP contribution in [0.2, 0.25) is 0 Å². The van der Waals surface area contributed by atoms with E-state index in [2.05, 4.69) is 16.0 Å². The number of amides is 2. The third-order valence-electron chi connectivity index (χ3n) is 2.59. The molecule has 1 aliphatic heterocycles. The van der Waals surface area contributed by atoms with Crippen LogP contribution in [-0.2, 0) is 14.3 Å².